The normalized spacial score (nSPS) is 14.2. The Morgan fingerprint density at radius 1 is 1.44 bits per heavy atom. The van der Waals surface area contributed by atoms with Crippen LogP contribution in [0.25, 0.3) is 11.0 Å². The molecule has 0 amide bonds. The van der Waals surface area contributed by atoms with Gasteiger partial charge in [0.1, 0.15) is 16.9 Å². The van der Waals surface area contributed by atoms with E-state index >= 15 is 0 Å². The molecular formula is C10H11FN2O2S. The van der Waals surface area contributed by atoms with Crippen molar-refractivity contribution in [3.63, 3.8) is 0 Å². The first kappa shape index (κ1) is 11.1. The van der Waals surface area contributed by atoms with Crippen LogP contribution in [0.4, 0.5) is 4.39 Å². The van der Waals surface area contributed by atoms with Crippen LogP contribution in [0.1, 0.15) is 18.0 Å². The third kappa shape index (κ3) is 1.92. The van der Waals surface area contributed by atoms with Gasteiger partial charge in [-0.1, -0.05) is 0 Å². The first-order chi connectivity index (χ1) is 7.38. The molecule has 0 fully saturated rings. The van der Waals surface area contributed by atoms with Gasteiger partial charge in [0.2, 0.25) is 0 Å². The van der Waals surface area contributed by atoms with Crippen LogP contribution in [-0.4, -0.2) is 24.6 Å². The second kappa shape index (κ2) is 3.55. The van der Waals surface area contributed by atoms with Crippen molar-refractivity contribution < 1.29 is 12.8 Å². The van der Waals surface area contributed by atoms with E-state index in [1.54, 1.807) is 6.92 Å². The van der Waals surface area contributed by atoms with Crippen molar-refractivity contribution in [1.29, 1.82) is 0 Å². The van der Waals surface area contributed by atoms with Gasteiger partial charge in [0.05, 0.1) is 11.0 Å². The highest BCUT2D eigenvalue weighted by Crippen LogP contribution is 2.21. The summed E-state index contributed by atoms with van der Waals surface area (Å²) in [7, 11) is -3.20. The first-order valence-corrected chi connectivity index (χ1v) is 6.67. The highest BCUT2D eigenvalue weighted by atomic mass is 32.2. The monoisotopic (exact) mass is 242 g/mol. The number of nitrogens with zero attached hydrogens (tertiary/aromatic N) is 1. The molecule has 1 atom stereocenters. The quantitative estimate of drug-likeness (QED) is 0.873. The van der Waals surface area contributed by atoms with Crippen LogP contribution in [-0.2, 0) is 9.84 Å². The lowest BCUT2D eigenvalue weighted by Crippen LogP contribution is -2.09. The second-order valence-electron chi connectivity index (χ2n) is 3.76. The molecule has 86 valence electrons. The maximum atomic E-state index is 12.9. The number of nitrogens with one attached hydrogen (secondary N) is 1. The molecule has 1 aromatic carbocycles. The number of aromatic amines is 1. The van der Waals surface area contributed by atoms with Crippen LogP contribution in [0, 0.1) is 5.82 Å². The third-order valence-corrected chi connectivity index (χ3v) is 4.00. The van der Waals surface area contributed by atoms with Crippen LogP contribution in [0.3, 0.4) is 0 Å². The maximum Gasteiger partial charge on any atom is 0.157 e. The van der Waals surface area contributed by atoms with E-state index in [-0.39, 0.29) is 5.82 Å². The SMILES string of the molecule is CC(c1nc2ccc(F)cc2[nH]1)S(C)(=O)=O. The summed E-state index contributed by atoms with van der Waals surface area (Å²) in [6.45, 7) is 1.55. The van der Waals surface area contributed by atoms with Crippen molar-refractivity contribution in [2.24, 2.45) is 0 Å². The molecule has 0 bridgehead atoms. The average molecular weight is 242 g/mol. The Bertz CT molecular complexity index is 633. The fourth-order valence-electron chi connectivity index (χ4n) is 1.40. The largest absolute Gasteiger partial charge is 0.341 e. The van der Waals surface area contributed by atoms with Crippen molar-refractivity contribution in [3.05, 3.63) is 29.8 Å². The Morgan fingerprint density at radius 3 is 2.75 bits per heavy atom. The summed E-state index contributed by atoms with van der Waals surface area (Å²) in [6.07, 6.45) is 1.14. The van der Waals surface area contributed by atoms with Crippen molar-refractivity contribution in [1.82, 2.24) is 9.97 Å². The van der Waals surface area contributed by atoms with Crippen molar-refractivity contribution in [2.45, 2.75) is 12.2 Å². The van der Waals surface area contributed by atoms with Gasteiger partial charge in [-0.05, 0) is 25.1 Å². The highest BCUT2D eigenvalue weighted by molar-refractivity contribution is 7.90. The molecule has 0 aliphatic rings. The zero-order chi connectivity index (χ0) is 11.9. The van der Waals surface area contributed by atoms with Gasteiger partial charge in [0.25, 0.3) is 0 Å². The number of aromatic nitrogens is 2. The van der Waals surface area contributed by atoms with E-state index in [4.69, 9.17) is 0 Å². The summed E-state index contributed by atoms with van der Waals surface area (Å²) in [5.74, 6) is -0.0437. The van der Waals surface area contributed by atoms with Crippen LogP contribution in [0.15, 0.2) is 18.2 Å². The number of halogens is 1. The molecule has 6 heteroatoms. The lowest BCUT2D eigenvalue weighted by atomic mass is 10.3. The van der Waals surface area contributed by atoms with Gasteiger partial charge in [-0.25, -0.2) is 17.8 Å². The van der Waals surface area contributed by atoms with E-state index in [9.17, 15) is 12.8 Å². The summed E-state index contributed by atoms with van der Waals surface area (Å²) < 4.78 is 35.6. The van der Waals surface area contributed by atoms with E-state index in [1.165, 1.54) is 18.2 Å². The van der Waals surface area contributed by atoms with Gasteiger partial charge in [-0.2, -0.15) is 0 Å². The average Bonchev–Trinajstić information content (AvgIpc) is 2.57. The van der Waals surface area contributed by atoms with Crippen LogP contribution in [0.5, 0.6) is 0 Å². The number of hydrogen-bond acceptors (Lipinski definition) is 3. The standard InChI is InChI=1S/C10H11FN2O2S/c1-6(16(2,14)15)10-12-8-4-3-7(11)5-9(8)13-10/h3-6H,1-2H3,(H,12,13). The summed E-state index contributed by atoms with van der Waals surface area (Å²) in [5.41, 5.74) is 1.07. The topological polar surface area (TPSA) is 62.8 Å². The predicted octanol–water partition coefficient (Wildman–Crippen LogP) is 1.81. The maximum absolute atomic E-state index is 12.9. The molecule has 1 aromatic heterocycles. The summed E-state index contributed by atoms with van der Waals surface area (Å²) in [6, 6.07) is 4.10. The molecule has 0 aliphatic heterocycles. The lowest BCUT2D eigenvalue weighted by Gasteiger charge is -2.04. The Morgan fingerprint density at radius 2 is 2.12 bits per heavy atom. The van der Waals surface area contributed by atoms with E-state index in [1.807, 2.05) is 0 Å². The van der Waals surface area contributed by atoms with Crippen molar-refractivity contribution >= 4 is 20.9 Å². The van der Waals surface area contributed by atoms with Gasteiger partial charge in [-0.3, -0.25) is 0 Å². The van der Waals surface area contributed by atoms with E-state index < -0.39 is 15.1 Å². The van der Waals surface area contributed by atoms with Gasteiger partial charge in [-0.15, -0.1) is 0 Å². The fourth-order valence-corrected chi connectivity index (χ4v) is 1.91. The molecule has 1 unspecified atom stereocenters. The molecule has 2 aromatic rings. The Labute approximate surface area is 92.4 Å². The minimum Gasteiger partial charge on any atom is -0.341 e. The molecule has 1 N–H and O–H groups in total. The van der Waals surface area contributed by atoms with E-state index in [2.05, 4.69) is 9.97 Å². The number of benzene rings is 1. The Hall–Kier alpha value is -1.43. The number of hydrogen-bond donors (Lipinski definition) is 1. The number of rotatable bonds is 2. The smallest absolute Gasteiger partial charge is 0.157 e. The zero-order valence-corrected chi connectivity index (χ0v) is 9.68. The molecule has 2 rings (SSSR count). The van der Waals surface area contributed by atoms with E-state index in [0.29, 0.717) is 16.9 Å². The van der Waals surface area contributed by atoms with Crippen LogP contribution < -0.4 is 0 Å². The Kier molecular flexibility index (Phi) is 2.46. The third-order valence-electron chi connectivity index (χ3n) is 2.49. The molecule has 4 nitrogen and oxygen atoms in total. The van der Waals surface area contributed by atoms with Gasteiger partial charge in [0, 0.05) is 6.26 Å². The minimum absolute atomic E-state index is 0.336. The predicted molar refractivity (Wildman–Crippen MR) is 59.3 cm³/mol. The van der Waals surface area contributed by atoms with Crippen molar-refractivity contribution in [2.75, 3.05) is 6.26 Å². The van der Waals surface area contributed by atoms with Crippen LogP contribution >= 0.6 is 0 Å². The molecule has 0 radical (unpaired) electrons. The van der Waals surface area contributed by atoms with Crippen LogP contribution in [0.2, 0.25) is 0 Å². The second-order valence-corrected chi connectivity index (χ2v) is 6.12. The number of H-pyrrole nitrogens is 1. The summed E-state index contributed by atoms with van der Waals surface area (Å²) >= 11 is 0. The highest BCUT2D eigenvalue weighted by Gasteiger charge is 2.20. The first-order valence-electron chi connectivity index (χ1n) is 4.72. The lowest BCUT2D eigenvalue weighted by molar-refractivity contribution is 0.590. The molecule has 0 aliphatic carbocycles. The molecule has 0 spiro atoms. The van der Waals surface area contributed by atoms with Gasteiger partial charge >= 0.3 is 0 Å². The molecule has 0 saturated heterocycles. The fraction of sp³-hybridized carbons (Fsp3) is 0.300. The zero-order valence-electron chi connectivity index (χ0n) is 8.86. The van der Waals surface area contributed by atoms with Crippen molar-refractivity contribution in [3.8, 4) is 0 Å². The van der Waals surface area contributed by atoms with Gasteiger partial charge in [0.15, 0.2) is 9.84 Å². The van der Waals surface area contributed by atoms with Gasteiger partial charge < -0.3 is 4.98 Å². The van der Waals surface area contributed by atoms with E-state index in [0.717, 1.165) is 6.26 Å². The number of imidazole rings is 1. The molecular weight excluding hydrogens is 231 g/mol. The minimum atomic E-state index is -3.20. The Balaban J connectivity index is 2.56. The molecule has 0 saturated carbocycles. The number of fused-ring (bicyclic) bond motifs is 1. The number of sulfone groups is 1. The molecule has 1 heterocycles. The molecule has 16 heavy (non-hydrogen) atoms. The summed E-state index contributed by atoms with van der Waals surface area (Å²) in [4.78, 5) is 6.93. The summed E-state index contributed by atoms with van der Waals surface area (Å²) in [5, 5.41) is -0.719.